The van der Waals surface area contributed by atoms with Gasteiger partial charge in [0.1, 0.15) is 0 Å². The van der Waals surface area contributed by atoms with Gasteiger partial charge in [-0.25, -0.2) is 0 Å². The van der Waals surface area contributed by atoms with E-state index in [1.54, 1.807) is 0 Å². The van der Waals surface area contributed by atoms with E-state index in [0.717, 1.165) is 0 Å². The van der Waals surface area contributed by atoms with Crippen molar-refractivity contribution >= 4 is 0 Å². The molecule has 2 fully saturated rings. The van der Waals surface area contributed by atoms with Crippen LogP contribution in [0.4, 0.5) is 0 Å². The molecule has 0 aromatic heterocycles. The van der Waals surface area contributed by atoms with Gasteiger partial charge in [-0.1, -0.05) is 6.92 Å². The summed E-state index contributed by atoms with van der Waals surface area (Å²) < 4.78 is 5.73. The van der Waals surface area contributed by atoms with Gasteiger partial charge in [0.2, 0.25) is 0 Å². The van der Waals surface area contributed by atoms with Crippen molar-refractivity contribution in [3.05, 3.63) is 0 Å². The molecule has 0 aromatic rings. The Bertz CT molecular complexity index is 126. The minimum absolute atomic E-state index is 0.570. The maximum absolute atomic E-state index is 5.73. The first-order valence-corrected chi connectivity index (χ1v) is 4.76. The Labute approximate surface area is 68.5 Å². The van der Waals surface area contributed by atoms with E-state index in [1.165, 1.54) is 38.9 Å². The minimum atomic E-state index is 0.570. The summed E-state index contributed by atoms with van der Waals surface area (Å²) in [6, 6.07) is 0. The SMILES string of the molecule is CCCN1C[C@H]2CC[C@H](C1)O2. The monoisotopic (exact) mass is 155 g/mol. The standard InChI is InChI=1S/C9H17NO/c1-2-5-10-6-8-3-4-9(7-10)11-8/h8-9H,2-7H2,1H3/t8-,9-/m1/s1. The number of hydrogen-bond acceptors (Lipinski definition) is 2. The molecule has 2 heteroatoms. The summed E-state index contributed by atoms with van der Waals surface area (Å²) in [6.45, 7) is 5.88. The molecule has 2 atom stereocenters. The number of likely N-dealkylation sites (tertiary alicyclic amines) is 1. The van der Waals surface area contributed by atoms with Gasteiger partial charge < -0.3 is 4.74 Å². The van der Waals surface area contributed by atoms with Crippen molar-refractivity contribution in [2.45, 2.75) is 38.4 Å². The van der Waals surface area contributed by atoms with Gasteiger partial charge in [-0.3, -0.25) is 4.90 Å². The summed E-state index contributed by atoms with van der Waals surface area (Å²) in [6.07, 6.45) is 5.01. The Morgan fingerprint density at radius 2 is 1.91 bits per heavy atom. The molecule has 2 aliphatic rings. The Morgan fingerprint density at radius 1 is 1.27 bits per heavy atom. The fourth-order valence-electron chi connectivity index (χ4n) is 2.20. The van der Waals surface area contributed by atoms with Crippen molar-refractivity contribution in [2.24, 2.45) is 0 Å². The molecule has 0 radical (unpaired) electrons. The van der Waals surface area contributed by atoms with Crippen molar-refractivity contribution in [2.75, 3.05) is 19.6 Å². The van der Waals surface area contributed by atoms with Crippen LogP contribution in [0.2, 0.25) is 0 Å². The van der Waals surface area contributed by atoms with E-state index in [9.17, 15) is 0 Å². The zero-order valence-electron chi connectivity index (χ0n) is 7.25. The molecule has 2 aliphatic heterocycles. The van der Waals surface area contributed by atoms with E-state index in [2.05, 4.69) is 11.8 Å². The van der Waals surface area contributed by atoms with Gasteiger partial charge in [0.15, 0.2) is 0 Å². The first kappa shape index (κ1) is 7.56. The molecule has 0 aromatic carbocycles. The first-order valence-electron chi connectivity index (χ1n) is 4.76. The normalized spacial score (nSPS) is 37.9. The van der Waals surface area contributed by atoms with Crippen LogP contribution in [-0.2, 0) is 4.74 Å². The average Bonchev–Trinajstić information content (AvgIpc) is 2.32. The van der Waals surface area contributed by atoms with Crippen molar-refractivity contribution in [3.8, 4) is 0 Å². The number of hydrogen-bond donors (Lipinski definition) is 0. The Hall–Kier alpha value is -0.0800. The molecule has 2 rings (SSSR count). The van der Waals surface area contributed by atoms with Gasteiger partial charge in [0, 0.05) is 13.1 Å². The highest BCUT2D eigenvalue weighted by Crippen LogP contribution is 2.25. The maximum Gasteiger partial charge on any atom is 0.0707 e. The van der Waals surface area contributed by atoms with Crippen LogP contribution in [0.3, 0.4) is 0 Å². The molecule has 0 saturated carbocycles. The van der Waals surface area contributed by atoms with Crippen molar-refractivity contribution in [3.63, 3.8) is 0 Å². The maximum atomic E-state index is 5.73. The van der Waals surface area contributed by atoms with Crippen LogP contribution < -0.4 is 0 Å². The van der Waals surface area contributed by atoms with Crippen LogP contribution in [0.1, 0.15) is 26.2 Å². The summed E-state index contributed by atoms with van der Waals surface area (Å²) in [5, 5.41) is 0. The summed E-state index contributed by atoms with van der Waals surface area (Å²) in [5.41, 5.74) is 0. The topological polar surface area (TPSA) is 12.5 Å². The van der Waals surface area contributed by atoms with Crippen LogP contribution in [0.15, 0.2) is 0 Å². The first-order chi connectivity index (χ1) is 5.38. The van der Waals surface area contributed by atoms with Crippen LogP contribution in [0.25, 0.3) is 0 Å². The third kappa shape index (κ3) is 1.57. The van der Waals surface area contributed by atoms with Gasteiger partial charge in [-0.2, -0.15) is 0 Å². The van der Waals surface area contributed by atoms with Crippen LogP contribution >= 0.6 is 0 Å². The number of morpholine rings is 1. The third-order valence-corrected chi connectivity index (χ3v) is 2.66. The van der Waals surface area contributed by atoms with Crippen molar-refractivity contribution in [1.82, 2.24) is 4.90 Å². The van der Waals surface area contributed by atoms with Gasteiger partial charge in [-0.05, 0) is 25.8 Å². The quantitative estimate of drug-likeness (QED) is 0.595. The number of ether oxygens (including phenoxy) is 1. The zero-order valence-corrected chi connectivity index (χ0v) is 7.25. The predicted octanol–water partition coefficient (Wildman–Crippen LogP) is 1.26. The van der Waals surface area contributed by atoms with Gasteiger partial charge in [-0.15, -0.1) is 0 Å². The van der Waals surface area contributed by atoms with E-state index in [4.69, 9.17) is 4.74 Å². The molecule has 0 unspecified atom stereocenters. The average molecular weight is 155 g/mol. The fraction of sp³-hybridized carbons (Fsp3) is 1.00. The molecule has 2 heterocycles. The lowest BCUT2D eigenvalue weighted by Gasteiger charge is -2.31. The molecule has 0 aliphatic carbocycles. The Morgan fingerprint density at radius 3 is 2.45 bits per heavy atom. The summed E-state index contributed by atoms with van der Waals surface area (Å²) in [5.74, 6) is 0. The van der Waals surface area contributed by atoms with Crippen LogP contribution in [0, 0.1) is 0 Å². The number of nitrogens with zero attached hydrogens (tertiary/aromatic N) is 1. The molecule has 0 amide bonds. The van der Waals surface area contributed by atoms with E-state index in [1.807, 2.05) is 0 Å². The van der Waals surface area contributed by atoms with Crippen LogP contribution in [0.5, 0.6) is 0 Å². The zero-order chi connectivity index (χ0) is 7.68. The summed E-state index contributed by atoms with van der Waals surface area (Å²) in [7, 11) is 0. The molecular formula is C9H17NO. The second-order valence-electron chi connectivity index (χ2n) is 3.72. The number of fused-ring (bicyclic) bond motifs is 2. The Balaban J connectivity index is 1.87. The predicted molar refractivity (Wildman–Crippen MR) is 44.6 cm³/mol. The molecule has 0 N–H and O–H groups in total. The lowest BCUT2D eigenvalue weighted by molar-refractivity contribution is -0.0380. The van der Waals surface area contributed by atoms with Crippen molar-refractivity contribution < 1.29 is 4.74 Å². The van der Waals surface area contributed by atoms with Crippen molar-refractivity contribution in [1.29, 1.82) is 0 Å². The number of rotatable bonds is 2. The Kier molecular flexibility index (Phi) is 2.14. The summed E-state index contributed by atoms with van der Waals surface area (Å²) >= 11 is 0. The smallest absolute Gasteiger partial charge is 0.0707 e. The molecule has 11 heavy (non-hydrogen) atoms. The van der Waals surface area contributed by atoms with E-state index < -0.39 is 0 Å². The second kappa shape index (κ2) is 3.11. The highest BCUT2D eigenvalue weighted by atomic mass is 16.5. The lowest BCUT2D eigenvalue weighted by atomic mass is 10.2. The molecule has 0 spiro atoms. The molecule has 2 saturated heterocycles. The highest BCUT2D eigenvalue weighted by molar-refractivity contribution is 4.84. The molecule has 2 nitrogen and oxygen atoms in total. The van der Waals surface area contributed by atoms with E-state index >= 15 is 0 Å². The summed E-state index contributed by atoms with van der Waals surface area (Å²) in [4.78, 5) is 2.55. The van der Waals surface area contributed by atoms with Gasteiger partial charge in [0.05, 0.1) is 12.2 Å². The minimum Gasteiger partial charge on any atom is -0.372 e. The molecule has 2 bridgehead atoms. The second-order valence-corrected chi connectivity index (χ2v) is 3.72. The largest absolute Gasteiger partial charge is 0.372 e. The lowest BCUT2D eigenvalue weighted by Crippen LogP contribution is -2.42. The third-order valence-electron chi connectivity index (χ3n) is 2.66. The fourth-order valence-corrected chi connectivity index (χ4v) is 2.20. The molecular weight excluding hydrogens is 138 g/mol. The van der Waals surface area contributed by atoms with E-state index in [-0.39, 0.29) is 0 Å². The van der Waals surface area contributed by atoms with Gasteiger partial charge in [0.25, 0.3) is 0 Å². The highest BCUT2D eigenvalue weighted by Gasteiger charge is 2.32. The molecule has 64 valence electrons. The van der Waals surface area contributed by atoms with Gasteiger partial charge >= 0.3 is 0 Å². The van der Waals surface area contributed by atoms with E-state index in [0.29, 0.717) is 12.2 Å². The van der Waals surface area contributed by atoms with Crippen LogP contribution in [-0.4, -0.2) is 36.7 Å².